The highest BCUT2D eigenvalue weighted by Gasteiger charge is 1.89. The second kappa shape index (κ2) is 15.9. The van der Waals surface area contributed by atoms with E-state index in [1.54, 1.807) is 0 Å². The van der Waals surface area contributed by atoms with Crippen molar-refractivity contribution in [3.63, 3.8) is 0 Å². The predicted octanol–water partition coefficient (Wildman–Crippen LogP) is -1.71. The van der Waals surface area contributed by atoms with Gasteiger partial charge in [0.1, 0.15) is 0 Å². The second-order valence-corrected chi connectivity index (χ2v) is 12.1. The summed E-state index contributed by atoms with van der Waals surface area (Å²) < 4.78 is 12.5. The van der Waals surface area contributed by atoms with Crippen molar-refractivity contribution in [2.24, 2.45) is 0 Å². The summed E-state index contributed by atoms with van der Waals surface area (Å²) in [5.74, 6) is 0. The summed E-state index contributed by atoms with van der Waals surface area (Å²) in [5, 5.41) is 0. The maximum atomic E-state index is 8.55. The Hall–Kier alpha value is -0.0900. The van der Waals surface area contributed by atoms with Gasteiger partial charge in [0.05, 0.1) is 113 Å². The van der Waals surface area contributed by atoms with E-state index in [1.165, 1.54) is 0 Å². The van der Waals surface area contributed by atoms with Crippen LogP contribution in [0.15, 0.2) is 0 Å². The number of hydrogen-bond acceptors (Lipinski definition) is 5. The summed E-state index contributed by atoms with van der Waals surface area (Å²) in [5.41, 5.74) is 0. The lowest BCUT2D eigenvalue weighted by molar-refractivity contribution is -0.849. The third kappa shape index (κ3) is 1550000. The summed E-state index contributed by atoms with van der Waals surface area (Å²) in [4.78, 5) is 25.6. The normalized spacial score (nSPS) is 11.5. The van der Waals surface area contributed by atoms with E-state index in [9.17, 15) is 0 Å². The Morgan fingerprint density at radius 3 is 0.423 bits per heavy atom. The molecule has 0 heterocycles. The van der Waals surface area contributed by atoms with Crippen molar-refractivity contribution in [3.8, 4) is 0 Å². The fourth-order valence-electron chi connectivity index (χ4n) is 0. The molecule has 0 saturated heterocycles. The van der Waals surface area contributed by atoms with Gasteiger partial charge in [-0.25, -0.2) is 0 Å². The largest absolute Gasteiger partial charge is 0.870 e. The summed E-state index contributed by atoms with van der Waals surface area (Å²) >= 11 is 0. The monoisotopic (exact) mass is 408 g/mol. The first kappa shape index (κ1) is 40.6. The molecular weight excluding hydrogens is 359 g/mol. The van der Waals surface area contributed by atoms with E-state index < -0.39 is 7.82 Å². The van der Waals surface area contributed by atoms with E-state index in [-0.39, 0.29) is 5.48 Å². The van der Waals surface area contributed by atoms with Crippen LogP contribution in [0.1, 0.15) is 0 Å². The van der Waals surface area contributed by atoms with Gasteiger partial charge in [-0.1, -0.05) is 0 Å². The number of rotatable bonds is 0. The minimum Gasteiger partial charge on any atom is -0.870 e. The van der Waals surface area contributed by atoms with Gasteiger partial charge < -0.3 is 42.7 Å². The molecule has 0 aromatic heterocycles. The van der Waals surface area contributed by atoms with Crippen LogP contribution in [0.5, 0.6) is 0 Å². The van der Waals surface area contributed by atoms with Crippen molar-refractivity contribution in [2.45, 2.75) is 0 Å². The molecule has 0 aromatic rings. The highest BCUT2D eigenvalue weighted by Crippen LogP contribution is 2.03. The van der Waals surface area contributed by atoms with Gasteiger partial charge in [0.25, 0.3) is 0 Å². The summed E-state index contributed by atoms with van der Waals surface area (Å²) in [7, 11) is 28.6. The van der Waals surface area contributed by atoms with E-state index in [2.05, 4.69) is 113 Å². The molecule has 0 fully saturated rings. The number of nitrogens with zero attached hydrogens (tertiary/aromatic N) is 4. The van der Waals surface area contributed by atoms with Crippen molar-refractivity contribution in [1.29, 1.82) is 0 Å². The molecule has 0 amide bonds. The number of hydrogen-bond donors (Lipinski definition) is 0. The molecule has 26 heavy (non-hydrogen) atoms. The summed E-state index contributed by atoms with van der Waals surface area (Å²) in [6.07, 6.45) is 0. The van der Waals surface area contributed by atoms with Crippen LogP contribution < -0.4 is 14.7 Å². The zero-order valence-electron chi connectivity index (χ0n) is 20.3. The van der Waals surface area contributed by atoms with Crippen LogP contribution in [0.3, 0.4) is 0 Å². The van der Waals surface area contributed by atoms with Crippen LogP contribution in [-0.4, -0.2) is 136 Å². The van der Waals surface area contributed by atoms with Crippen molar-refractivity contribution in [2.75, 3.05) is 113 Å². The van der Waals surface area contributed by atoms with Crippen molar-refractivity contribution < 1.29 is 42.7 Å². The van der Waals surface area contributed by atoms with Gasteiger partial charge in [0.15, 0.2) is 0 Å². The average Bonchev–Trinajstić information content (AvgIpc) is 1.79. The molecule has 168 valence electrons. The van der Waals surface area contributed by atoms with E-state index in [4.69, 9.17) is 19.2 Å². The Labute approximate surface area is 164 Å². The topological polar surface area (TPSA) is 116 Å². The molecule has 0 aliphatic carbocycles. The third-order valence-electron chi connectivity index (χ3n) is 0. The van der Waals surface area contributed by atoms with Gasteiger partial charge in [-0.05, 0) is 0 Å². The molecular formula is C16H49N4O5P. The van der Waals surface area contributed by atoms with Gasteiger partial charge in [0.2, 0.25) is 0 Å². The Balaban J connectivity index is -0.0000000476. The zero-order valence-corrected chi connectivity index (χ0v) is 21.2. The molecule has 9 nitrogen and oxygen atoms in total. The smallest absolute Gasteiger partial charge is 0.0675 e. The maximum absolute atomic E-state index is 8.55. The Kier molecular flexibility index (Phi) is 24.8. The van der Waals surface area contributed by atoms with Crippen LogP contribution in [0, 0.1) is 0 Å². The Bertz CT molecular complexity index is 254. The Morgan fingerprint density at radius 2 is 0.423 bits per heavy atom. The van der Waals surface area contributed by atoms with Gasteiger partial charge in [-0.15, -0.1) is 0 Å². The lowest BCUT2D eigenvalue weighted by atomic mass is 10.8. The zero-order chi connectivity index (χ0) is 22.5. The lowest BCUT2D eigenvalue weighted by Gasteiger charge is -2.36. The standard InChI is InChI=1S/4C4H12N.H3O4P.H2O/c5*1-5(2,3)4;/h4*1-4H3;(H3,1,2,3,4);1H2/q4*+1;;/p-4. The van der Waals surface area contributed by atoms with E-state index in [1.807, 2.05) is 0 Å². The third-order valence-corrected chi connectivity index (χ3v) is 0. The van der Waals surface area contributed by atoms with Crippen LogP contribution in [-0.2, 0) is 4.57 Å². The van der Waals surface area contributed by atoms with Gasteiger partial charge >= 0.3 is 0 Å². The molecule has 0 saturated carbocycles. The SMILES string of the molecule is C[N+](C)(C)C.C[N+](C)(C)C.C[N+](C)(C)C.C[N+](C)(C)C.O=P([O-])([O-])[O-].[OH-]. The molecule has 0 unspecified atom stereocenters. The maximum Gasteiger partial charge on any atom is 0.0675 e. The molecule has 0 aliphatic heterocycles. The van der Waals surface area contributed by atoms with E-state index in [0.717, 1.165) is 17.9 Å². The van der Waals surface area contributed by atoms with E-state index >= 15 is 0 Å². The fraction of sp³-hybridized carbons (Fsp3) is 1.00. The van der Waals surface area contributed by atoms with E-state index in [0.29, 0.717) is 0 Å². The first-order valence-electron chi connectivity index (χ1n) is 7.89. The van der Waals surface area contributed by atoms with Crippen molar-refractivity contribution >= 4 is 7.82 Å². The molecule has 0 spiro atoms. The molecule has 1 N–H and O–H groups in total. The average molecular weight is 409 g/mol. The minimum atomic E-state index is -5.39. The molecule has 10 heteroatoms. The summed E-state index contributed by atoms with van der Waals surface area (Å²) in [6.45, 7) is 0. The quantitative estimate of drug-likeness (QED) is 0.349. The van der Waals surface area contributed by atoms with Crippen molar-refractivity contribution in [1.82, 2.24) is 0 Å². The lowest BCUT2D eigenvalue weighted by Crippen LogP contribution is -2.27. The molecule has 0 atom stereocenters. The van der Waals surface area contributed by atoms with Crippen LogP contribution >= 0.6 is 7.82 Å². The van der Waals surface area contributed by atoms with Crippen LogP contribution in [0.2, 0.25) is 0 Å². The predicted molar refractivity (Wildman–Crippen MR) is 105 cm³/mol. The van der Waals surface area contributed by atoms with Gasteiger partial charge in [-0.3, -0.25) is 0 Å². The summed E-state index contributed by atoms with van der Waals surface area (Å²) in [6, 6.07) is 0. The second-order valence-electron chi connectivity index (χ2n) is 11.2. The molecule has 0 aliphatic rings. The Morgan fingerprint density at radius 1 is 0.423 bits per heavy atom. The fourth-order valence-corrected chi connectivity index (χ4v) is 0. The highest BCUT2D eigenvalue weighted by molar-refractivity contribution is 7.40. The van der Waals surface area contributed by atoms with Crippen molar-refractivity contribution in [3.05, 3.63) is 0 Å². The van der Waals surface area contributed by atoms with Crippen LogP contribution in [0.4, 0.5) is 0 Å². The number of quaternary nitrogens is 4. The van der Waals surface area contributed by atoms with Gasteiger partial charge in [-0.2, -0.15) is 7.82 Å². The molecule has 0 aromatic carbocycles. The first-order valence-corrected chi connectivity index (χ1v) is 9.35. The number of phosphoric acid groups is 1. The highest BCUT2D eigenvalue weighted by atomic mass is 31.2. The first-order chi connectivity index (χ1) is 10.0. The molecule has 0 bridgehead atoms. The molecule has 0 rings (SSSR count). The van der Waals surface area contributed by atoms with Gasteiger partial charge in [0, 0.05) is 0 Å². The van der Waals surface area contributed by atoms with Crippen LogP contribution in [0.25, 0.3) is 0 Å². The minimum absolute atomic E-state index is 0. The molecule has 0 radical (unpaired) electrons.